The van der Waals surface area contributed by atoms with Gasteiger partial charge in [-0.1, -0.05) is 58.0 Å². The van der Waals surface area contributed by atoms with Crippen molar-refractivity contribution in [2.75, 3.05) is 6.54 Å². The third-order valence-corrected chi connectivity index (χ3v) is 4.61. The van der Waals surface area contributed by atoms with Gasteiger partial charge in [0.2, 0.25) is 0 Å². The van der Waals surface area contributed by atoms with Crippen LogP contribution in [0.25, 0.3) is 0 Å². The molecule has 1 aromatic rings. The molecule has 1 nitrogen and oxygen atoms in total. The Bertz CT molecular complexity index is 338. The van der Waals surface area contributed by atoms with E-state index in [0.717, 1.165) is 6.54 Å². The van der Waals surface area contributed by atoms with Crippen molar-refractivity contribution < 1.29 is 0 Å². The van der Waals surface area contributed by atoms with Gasteiger partial charge in [0.1, 0.15) is 0 Å². The van der Waals surface area contributed by atoms with E-state index < -0.39 is 0 Å². The van der Waals surface area contributed by atoms with Crippen LogP contribution in [0.2, 0.25) is 0 Å². The van der Waals surface area contributed by atoms with Gasteiger partial charge in [0.15, 0.2) is 0 Å². The van der Waals surface area contributed by atoms with Gasteiger partial charge in [-0.15, -0.1) is 0 Å². The topological polar surface area (TPSA) is 12.0 Å². The van der Waals surface area contributed by atoms with E-state index in [4.69, 9.17) is 0 Å². The molecule has 0 bridgehead atoms. The Morgan fingerprint density at radius 3 is 2.06 bits per heavy atom. The smallest absolute Gasteiger partial charge is 0.0181 e. The SMILES string of the molecule is CCNC(C)(C)C(C)(C)C(C)c1ccccc1. The second-order valence-electron chi connectivity index (χ2n) is 6.01. The first-order chi connectivity index (χ1) is 7.83. The Balaban J connectivity index is 2.98. The predicted octanol–water partition coefficient (Wildman–Crippen LogP) is 4.20. The summed E-state index contributed by atoms with van der Waals surface area (Å²) in [5.74, 6) is 0.526. The molecule has 0 fully saturated rings. The lowest BCUT2D eigenvalue weighted by Crippen LogP contribution is -2.53. The van der Waals surface area contributed by atoms with Crippen LogP contribution in [-0.2, 0) is 0 Å². The molecule has 0 aliphatic rings. The number of rotatable bonds is 5. The van der Waals surface area contributed by atoms with Crippen LogP contribution in [0.3, 0.4) is 0 Å². The average molecular weight is 233 g/mol. The number of hydrogen-bond donors (Lipinski definition) is 1. The van der Waals surface area contributed by atoms with Crippen LogP contribution >= 0.6 is 0 Å². The monoisotopic (exact) mass is 233 g/mol. The van der Waals surface area contributed by atoms with Crippen molar-refractivity contribution in [3.05, 3.63) is 35.9 Å². The molecule has 0 amide bonds. The molecule has 0 spiro atoms. The summed E-state index contributed by atoms with van der Waals surface area (Å²) in [5.41, 5.74) is 1.74. The minimum Gasteiger partial charge on any atom is -0.312 e. The molecule has 1 heteroatoms. The molecule has 0 saturated carbocycles. The number of nitrogens with one attached hydrogen (secondary N) is 1. The van der Waals surface area contributed by atoms with Gasteiger partial charge in [0, 0.05) is 5.54 Å². The fraction of sp³-hybridized carbons (Fsp3) is 0.625. The summed E-state index contributed by atoms with van der Waals surface area (Å²) >= 11 is 0. The molecule has 96 valence electrons. The molecule has 0 aliphatic carbocycles. The van der Waals surface area contributed by atoms with Crippen molar-refractivity contribution in [2.45, 2.75) is 53.0 Å². The van der Waals surface area contributed by atoms with E-state index in [-0.39, 0.29) is 11.0 Å². The van der Waals surface area contributed by atoms with Gasteiger partial charge in [-0.25, -0.2) is 0 Å². The van der Waals surface area contributed by atoms with Gasteiger partial charge >= 0.3 is 0 Å². The number of benzene rings is 1. The summed E-state index contributed by atoms with van der Waals surface area (Å²) in [6.45, 7) is 14.8. The van der Waals surface area contributed by atoms with E-state index in [1.54, 1.807) is 0 Å². The molecule has 1 aromatic carbocycles. The van der Waals surface area contributed by atoms with Crippen molar-refractivity contribution >= 4 is 0 Å². The summed E-state index contributed by atoms with van der Waals surface area (Å²) in [6.07, 6.45) is 0. The van der Waals surface area contributed by atoms with Crippen LogP contribution in [0, 0.1) is 5.41 Å². The van der Waals surface area contributed by atoms with Gasteiger partial charge in [-0.05, 0) is 37.3 Å². The molecule has 1 atom stereocenters. The van der Waals surface area contributed by atoms with Crippen LogP contribution in [0.1, 0.15) is 53.0 Å². The molecular formula is C16H27N. The zero-order valence-electron chi connectivity index (χ0n) is 12.2. The minimum absolute atomic E-state index is 0.122. The number of hydrogen-bond acceptors (Lipinski definition) is 1. The Kier molecular flexibility index (Phi) is 4.37. The van der Waals surface area contributed by atoms with Crippen molar-refractivity contribution in [3.8, 4) is 0 Å². The quantitative estimate of drug-likeness (QED) is 0.803. The maximum Gasteiger partial charge on any atom is 0.0181 e. The maximum absolute atomic E-state index is 3.61. The summed E-state index contributed by atoms with van der Waals surface area (Å²) < 4.78 is 0. The lowest BCUT2D eigenvalue weighted by molar-refractivity contribution is 0.126. The van der Waals surface area contributed by atoms with E-state index >= 15 is 0 Å². The molecule has 1 N–H and O–H groups in total. The van der Waals surface area contributed by atoms with E-state index in [1.165, 1.54) is 5.56 Å². The maximum atomic E-state index is 3.61. The fourth-order valence-corrected chi connectivity index (χ4v) is 2.37. The lowest BCUT2D eigenvalue weighted by atomic mass is 9.64. The normalized spacial score (nSPS) is 14.7. The molecule has 0 heterocycles. The Hall–Kier alpha value is -0.820. The minimum atomic E-state index is 0.122. The molecular weight excluding hydrogens is 206 g/mol. The molecule has 1 rings (SSSR count). The fourth-order valence-electron chi connectivity index (χ4n) is 2.37. The zero-order chi connectivity index (χ0) is 13.1. The van der Waals surface area contributed by atoms with E-state index in [1.807, 2.05) is 0 Å². The van der Waals surface area contributed by atoms with E-state index in [2.05, 4.69) is 77.2 Å². The largest absolute Gasteiger partial charge is 0.312 e. The lowest BCUT2D eigenvalue weighted by Gasteiger charge is -2.46. The highest BCUT2D eigenvalue weighted by molar-refractivity contribution is 5.22. The molecule has 0 radical (unpaired) electrons. The van der Waals surface area contributed by atoms with Gasteiger partial charge in [0.25, 0.3) is 0 Å². The zero-order valence-corrected chi connectivity index (χ0v) is 12.2. The summed E-state index contributed by atoms with van der Waals surface area (Å²) in [5, 5.41) is 3.61. The predicted molar refractivity (Wildman–Crippen MR) is 76.4 cm³/mol. The highest BCUT2D eigenvalue weighted by Crippen LogP contribution is 2.43. The van der Waals surface area contributed by atoms with Crippen LogP contribution in [-0.4, -0.2) is 12.1 Å². The van der Waals surface area contributed by atoms with Crippen molar-refractivity contribution in [2.24, 2.45) is 5.41 Å². The summed E-state index contributed by atoms with van der Waals surface area (Å²) in [7, 11) is 0. The van der Waals surface area contributed by atoms with Crippen LogP contribution in [0.5, 0.6) is 0 Å². The summed E-state index contributed by atoms with van der Waals surface area (Å²) in [6, 6.07) is 10.8. The first kappa shape index (κ1) is 14.2. The summed E-state index contributed by atoms with van der Waals surface area (Å²) in [4.78, 5) is 0. The van der Waals surface area contributed by atoms with Gasteiger partial charge in [-0.3, -0.25) is 0 Å². The Labute approximate surface area is 107 Å². The third-order valence-electron chi connectivity index (χ3n) is 4.61. The highest BCUT2D eigenvalue weighted by atomic mass is 15.0. The van der Waals surface area contributed by atoms with Crippen LogP contribution < -0.4 is 5.32 Å². The van der Waals surface area contributed by atoms with Crippen molar-refractivity contribution in [1.29, 1.82) is 0 Å². The molecule has 0 aromatic heterocycles. The first-order valence-electron chi connectivity index (χ1n) is 6.63. The Morgan fingerprint density at radius 1 is 1.06 bits per heavy atom. The average Bonchev–Trinajstić information content (AvgIpc) is 2.29. The van der Waals surface area contributed by atoms with Crippen LogP contribution in [0.15, 0.2) is 30.3 Å². The van der Waals surface area contributed by atoms with E-state index in [0.29, 0.717) is 5.92 Å². The van der Waals surface area contributed by atoms with Gasteiger partial charge in [-0.2, -0.15) is 0 Å². The molecule has 1 unspecified atom stereocenters. The van der Waals surface area contributed by atoms with Crippen molar-refractivity contribution in [1.82, 2.24) is 5.32 Å². The molecule has 0 aliphatic heterocycles. The first-order valence-corrected chi connectivity index (χ1v) is 6.63. The van der Waals surface area contributed by atoms with E-state index in [9.17, 15) is 0 Å². The molecule has 17 heavy (non-hydrogen) atoms. The van der Waals surface area contributed by atoms with Crippen molar-refractivity contribution in [3.63, 3.8) is 0 Å². The van der Waals surface area contributed by atoms with Gasteiger partial charge < -0.3 is 5.32 Å². The standard InChI is InChI=1S/C16H27N/c1-7-17-16(5,6)15(3,4)13(2)14-11-9-8-10-12-14/h8-13,17H,7H2,1-6H3. The Morgan fingerprint density at radius 2 is 1.59 bits per heavy atom. The second kappa shape index (κ2) is 5.22. The second-order valence-corrected chi connectivity index (χ2v) is 6.01. The van der Waals surface area contributed by atoms with Crippen LogP contribution in [0.4, 0.5) is 0 Å². The third kappa shape index (κ3) is 2.90. The highest BCUT2D eigenvalue weighted by Gasteiger charge is 2.40. The van der Waals surface area contributed by atoms with Gasteiger partial charge in [0.05, 0.1) is 0 Å². The molecule has 0 saturated heterocycles.